The average Bonchev–Trinajstić information content (AvgIpc) is 3.57. The fraction of sp³-hybridized carbons (Fsp3) is 0.780. The SMILES string of the molecule is CCCCCCCCCCCCCCCCCCCCCC(=O)NCC(C)(C)COCC(C)(C)COc1ccc(-c2nnc(SC)o2)cc1. The molecule has 49 heavy (non-hydrogen) atoms. The van der Waals surface area contributed by atoms with Gasteiger partial charge >= 0.3 is 0 Å². The van der Waals surface area contributed by atoms with Crippen LogP contribution in [-0.2, 0) is 9.53 Å². The van der Waals surface area contributed by atoms with Crippen molar-refractivity contribution in [1.29, 1.82) is 0 Å². The molecule has 1 heterocycles. The van der Waals surface area contributed by atoms with Crippen LogP contribution in [0, 0.1) is 10.8 Å². The number of rotatable bonds is 31. The zero-order valence-electron chi connectivity index (χ0n) is 32.2. The van der Waals surface area contributed by atoms with Gasteiger partial charge in [0.25, 0.3) is 5.22 Å². The standard InChI is InChI=1S/C41H71N3O4S/c1-7-8-9-10-11-12-13-14-15-16-17-18-19-20-21-22-23-24-25-26-37(45)42-31-40(2,3)32-46-33-41(4,5)34-47-36-29-27-35(28-30-36)38-43-44-39(48-38)49-6/h27-30H,7-26,31-34H2,1-6H3,(H,42,45). The summed E-state index contributed by atoms with van der Waals surface area (Å²) in [7, 11) is 0. The Labute approximate surface area is 304 Å². The fourth-order valence-corrected chi connectivity index (χ4v) is 6.15. The molecule has 0 radical (unpaired) electrons. The topological polar surface area (TPSA) is 86.5 Å². The number of ether oxygens (including phenoxy) is 2. The van der Waals surface area contributed by atoms with Crippen molar-refractivity contribution in [3.05, 3.63) is 24.3 Å². The minimum atomic E-state index is -0.163. The van der Waals surface area contributed by atoms with E-state index in [-0.39, 0.29) is 16.7 Å². The van der Waals surface area contributed by atoms with Gasteiger partial charge in [0.15, 0.2) is 0 Å². The Morgan fingerprint density at radius 1 is 0.694 bits per heavy atom. The molecule has 0 unspecified atom stereocenters. The second kappa shape index (κ2) is 25.8. The van der Waals surface area contributed by atoms with Crippen molar-refractivity contribution in [2.75, 3.05) is 32.6 Å². The molecule has 0 bridgehead atoms. The van der Waals surface area contributed by atoms with E-state index in [1.54, 1.807) is 0 Å². The molecule has 0 spiro atoms. The third kappa shape index (κ3) is 21.7. The number of carbonyl (C=O) groups is 1. The van der Waals surface area contributed by atoms with Crippen LogP contribution in [0.15, 0.2) is 33.9 Å². The Morgan fingerprint density at radius 3 is 1.67 bits per heavy atom. The van der Waals surface area contributed by atoms with Gasteiger partial charge < -0.3 is 19.2 Å². The van der Waals surface area contributed by atoms with E-state index in [1.165, 1.54) is 121 Å². The van der Waals surface area contributed by atoms with Crippen LogP contribution in [0.2, 0.25) is 0 Å². The first-order valence-corrected chi connectivity index (χ1v) is 20.8. The van der Waals surface area contributed by atoms with Gasteiger partial charge in [0.1, 0.15) is 5.75 Å². The van der Waals surface area contributed by atoms with Crippen LogP contribution >= 0.6 is 11.8 Å². The lowest BCUT2D eigenvalue weighted by molar-refractivity contribution is -0.121. The molecule has 2 rings (SSSR count). The third-order valence-electron chi connectivity index (χ3n) is 9.07. The number of aromatic nitrogens is 2. The maximum Gasteiger partial charge on any atom is 0.276 e. The zero-order chi connectivity index (χ0) is 35.6. The van der Waals surface area contributed by atoms with E-state index in [2.05, 4.69) is 50.1 Å². The van der Waals surface area contributed by atoms with Crippen molar-refractivity contribution >= 4 is 17.7 Å². The summed E-state index contributed by atoms with van der Waals surface area (Å²) in [5.74, 6) is 1.45. The Bertz CT molecular complexity index is 1100. The molecule has 0 aliphatic rings. The van der Waals surface area contributed by atoms with E-state index in [0.717, 1.165) is 24.2 Å². The maximum absolute atomic E-state index is 12.5. The highest BCUT2D eigenvalue weighted by atomic mass is 32.2. The van der Waals surface area contributed by atoms with Crippen molar-refractivity contribution < 1.29 is 18.7 Å². The van der Waals surface area contributed by atoms with Crippen molar-refractivity contribution in [3.63, 3.8) is 0 Å². The summed E-state index contributed by atoms with van der Waals surface area (Å²) >= 11 is 1.42. The van der Waals surface area contributed by atoms with Gasteiger partial charge in [-0.25, -0.2) is 0 Å². The molecular weight excluding hydrogens is 631 g/mol. The van der Waals surface area contributed by atoms with Crippen LogP contribution in [0.4, 0.5) is 0 Å². The van der Waals surface area contributed by atoms with Crippen LogP contribution in [0.25, 0.3) is 11.5 Å². The highest BCUT2D eigenvalue weighted by molar-refractivity contribution is 7.98. The highest BCUT2D eigenvalue weighted by Gasteiger charge is 2.24. The molecule has 0 saturated heterocycles. The first-order valence-electron chi connectivity index (χ1n) is 19.6. The van der Waals surface area contributed by atoms with Crippen LogP contribution in [-0.4, -0.2) is 48.7 Å². The van der Waals surface area contributed by atoms with Gasteiger partial charge in [0.05, 0.1) is 19.8 Å². The number of thioether (sulfide) groups is 1. The molecule has 0 saturated carbocycles. The smallest absolute Gasteiger partial charge is 0.276 e. The summed E-state index contributed by atoms with van der Waals surface area (Å²) in [5.41, 5.74) is 0.563. The van der Waals surface area contributed by atoms with Crippen LogP contribution in [0.3, 0.4) is 0 Å². The van der Waals surface area contributed by atoms with Crippen molar-refractivity contribution in [2.24, 2.45) is 10.8 Å². The molecule has 1 N–H and O–H groups in total. The monoisotopic (exact) mass is 702 g/mol. The molecule has 7 nitrogen and oxygen atoms in total. The van der Waals surface area contributed by atoms with Crippen molar-refractivity contribution in [2.45, 2.75) is 168 Å². The van der Waals surface area contributed by atoms with E-state index in [1.807, 2.05) is 30.5 Å². The number of nitrogens with zero attached hydrogens (tertiary/aromatic N) is 2. The van der Waals surface area contributed by atoms with Gasteiger partial charge in [0.2, 0.25) is 11.8 Å². The molecule has 1 amide bonds. The highest BCUT2D eigenvalue weighted by Crippen LogP contribution is 2.26. The van der Waals surface area contributed by atoms with E-state index in [4.69, 9.17) is 13.9 Å². The molecule has 0 aliphatic heterocycles. The number of nitrogens with one attached hydrogen (secondary N) is 1. The fourth-order valence-electron chi connectivity index (χ4n) is 5.87. The Morgan fingerprint density at radius 2 is 1.18 bits per heavy atom. The number of hydrogen-bond acceptors (Lipinski definition) is 7. The lowest BCUT2D eigenvalue weighted by atomic mass is 9.93. The van der Waals surface area contributed by atoms with Gasteiger partial charge in [0, 0.05) is 29.4 Å². The average molecular weight is 702 g/mol. The molecule has 1 aromatic heterocycles. The Kier molecular flexibility index (Phi) is 22.7. The van der Waals surface area contributed by atoms with Gasteiger partial charge in [-0.3, -0.25) is 4.79 Å². The summed E-state index contributed by atoms with van der Waals surface area (Å²) in [6.45, 7) is 13.1. The zero-order valence-corrected chi connectivity index (χ0v) is 33.0. The van der Waals surface area contributed by atoms with E-state index in [0.29, 0.717) is 43.9 Å². The summed E-state index contributed by atoms with van der Waals surface area (Å²) in [6.07, 6.45) is 28.4. The molecular formula is C41H71N3O4S. The second-order valence-corrected chi connectivity index (χ2v) is 16.4. The minimum absolute atomic E-state index is 0.138. The Balaban J connectivity index is 1.41. The normalized spacial score (nSPS) is 12.0. The largest absolute Gasteiger partial charge is 0.493 e. The predicted octanol–water partition coefficient (Wildman–Crippen LogP) is 11.8. The number of unbranched alkanes of at least 4 members (excludes halogenated alkanes) is 18. The molecule has 0 fully saturated rings. The summed E-state index contributed by atoms with van der Waals surface area (Å²) in [4.78, 5) is 12.5. The van der Waals surface area contributed by atoms with E-state index < -0.39 is 0 Å². The van der Waals surface area contributed by atoms with Gasteiger partial charge in [-0.05, 0) is 36.9 Å². The lowest BCUT2D eigenvalue weighted by Crippen LogP contribution is -2.38. The summed E-state index contributed by atoms with van der Waals surface area (Å²) in [6, 6.07) is 7.69. The molecule has 0 aliphatic carbocycles. The third-order valence-corrected chi connectivity index (χ3v) is 9.58. The first kappa shape index (κ1) is 43.1. The molecule has 8 heteroatoms. The minimum Gasteiger partial charge on any atom is -0.493 e. The van der Waals surface area contributed by atoms with Crippen molar-refractivity contribution in [1.82, 2.24) is 15.5 Å². The quantitative estimate of drug-likeness (QED) is 0.0618. The molecule has 0 atom stereocenters. The van der Waals surface area contributed by atoms with Crippen LogP contribution in [0.5, 0.6) is 5.75 Å². The first-order chi connectivity index (χ1) is 23.6. The van der Waals surface area contributed by atoms with E-state index >= 15 is 0 Å². The Hall–Kier alpha value is -2.06. The molecule has 1 aromatic carbocycles. The number of amides is 1. The molecule has 2 aromatic rings. The van der Waals surface area contributed by atoms with Crippen LogP contribution < -0.4 is 10.1 Å². The maximum atomic E-state index is 12.5. The summed E-state index contributed by atoms with van der Waals surface area (Å²) in [5, 5.41) is 11.8. The lowest BCUT2D eigenvalue weighted by Gasteiger charge is -2.29. The number of carbonyl (C=O) groups excluding carboxylic acids is 1. The second-order valence-electron chi connectivity index (χ2n) is 15.6. The predicted molar refractivity (Wildman–Crippen MR) is 206 cm³/mol. The summed E-state index contributed by atoms with van der Waals surface area (Å²) < 4.78 is 17.8. The number of hydrogen-bond donors (Lipinski definition) is 1. The van der Waals surface area contributed by atoms with Gasteiger partial charge in [-0.15, -0.1) is 10.2 Å². The van der Waals surface area contributed by atoms with Gasteiger partial charge in [-0.1, -0.05) is 162 Å². The van der Waals surface area contributed by atoms with Crippen LogP contribution in [0.1, 0.15) is 163 Å². The van der Waals surface area contributed by atoms with Gasteiger partial charge in [-0.2, -0.15) is 0 Å². The molecule has 280 valence electrons. The number of benzene rings is 1. The van der Waals surface area contributed by atoms with Crippen molar-refractivity contribution in [3.8, 4) is 17.2 Å². The van der Waals surface area contributed by atoms with E-state index in [9.17, 15) is 4.79 Å².